The smallest absolute Gasteiger partial charge is 0.255 e. The molecular formula is C21H26N2O2. The maximum atomic E-state index is 12.3. The Morgan fingerprint density at radius 1 is 1.04 bits per heavy atom. The first-order valence-corrected chi connectivity index (χ1v) is 8.39. The van der Waals surface area contributed by atoms with Crippen LogP contribution in [0, 0.1) is 20.8 Å². The van der Waals surface area contributed by atoms with Crippen molar-refractivity contribution in [2.24, 2.45) is 0 Å². The van der Waals surface area contributed by atoms with Gasteiger partial charge < -0.3 is 10.2 Å². The van der Waals surface area contributed by atoms with Crippen LogP contribution in [0.1, 0.15) is 49.9 Å². The van der Waals surface area contributed by atoms with E-state index in [2.05, 4.69) is 18.3 Å². The minimum Gasteiger partial charge on any atom is -0.380 e. The molecule has 0 saturated carbocycles. The highest BCUT2D eigenvalue weighted by Gasteiger charge is 2.16. The summed E-state index contributed by atoms with van der Waals surface area (Å²) in [7, 11) is 3.49. The number of hydrogen-bond donors (Lipinski definition) is 1. The Balaban J connectivity index is 2.36. The first kappa shape index (κ1) is 18.7. The lowest BCUT2D eigenvalue weighted by molar-refractivity contribution is 0.0828. The standard InChI is InChI=1S/C21H26N2O2/c1-13-11-14(2)20(16(4)24)15(3)18(13)12-22-19-10-8-7-9-17(19)21(25)23(5)6/h7-11,22H,12H2,1-6H3. The van der Waals surface area contributed by atoms with E-state index in [0.717, 1.165) is 33.5 Å². The van der Waals surface area contributed by atoms with Crippen molar-refractivity contribution in [2.75, 3.05) is 19.4 Å². The summed E-state index contributed by atoms with van der Waals surface area (Å²) in [5, 5.41) is 3.37. The molecule has 1 amide bonds. The van der Waals surface area contributed by atoms with Gasteiger partial charge in [0.1, 0.15) is 0 Å². The Hall–Kier alpha value is -2.62. The summed E-state index contributed by atoms with van der Waals surface area (Å²) >= 11 is 0. The first-order chi connectivity index (χ1) is 11.7. The predicted molar refractivity (Wildman–Crippen MR) is 102 cm³/mol. The van der Waals surface area contributed by atoms with E-state index in [-0.39, 0.29) is 11.7 Å². The third-order valence-corrected chi connectivity index (χ3v) is 4.50. The van der Waals surface area contributed by atoms with Crippen LogP contribution in [0.5, 0.6) is 0 Å². The molecule has 25 heavy (non-hydrogen) atoms. The SMILES string of the molecule is CC(=O)c1c(C)cc(C)c(CNc2ccccc2C(=O)N(C)C)c1C. The molecule has 0 aliphatic carbocycles. The highest BCUT2D eigenvalue weighted by atomic mass is 16.2. The first-order valence-electron chi connectivity index (χ1n) is 8.39. The Morgan fingerprint density at radius 2 is 1.68 bits per heavy atom. The van der Waals surface area contributed by atoms with E-state index in [1.807, 2.05) is 38.1 Å². The summed E-state index contributed by atoms with van der Waals surface area (Å²) in [4.78, 5) is 25.9. The van der Waals surface area contributed by atoms with E-state index in [1.165, 1.54) is 0 Å². The number of anilines is 1. The number of rotatable bonds is 5. The largest absolute Gasteiger partial charge is 0.380 e. The number of para-hydroxylation sites is 1. The second-order valence-corrected chi connectivity index (χ2v) is 6.64. The molecule has 0 saturated heterocycles. The molecule has 2 aromatic carbocycles. The molecule has 1 N–H and O–H groups in total. The monoisotopic (exact) mass is 338 g/mol. The van der Waals surface area contributed by atoms with Crippen molar-refractivity contribution in [3.8, 4) is 0 Å². The van der Waals surface area contributed by atoms with Gasteiger partial charge in [-0.25, -0.2) is 0 Å². The van der Waals surface area contributed by atoms with Gasteiger partial charge in [-0.15, -0.1) is 0 Å². The van der Waals surface area contributed by atoms with Gasteiger partial charge in [-0.2, -0.15) is 0 Å². The quantitative estimate of drug-likeness (QED) is 0.834. The number of amides is 1. The van der Waals surface area contributed by atoms with E-state index in [4.69, 9.17) is 0 Å². The number of benzene rings is 2. The average Bonchev–Trinajstić information content (AvgIpc) is 2.53. The number of carbonyl (C=O) groups excluding carboxylic acids is 2. The summed E-state index contributed by atoms with van der Waals surface area (Å²) in [5.41, 5.74) is 6.49. The van der Waals surface area contributed by atoms with Crippen molar-refractivity contribution in [3.63, 3.8) is 0 Å². The minimum atomic E-state index is -0.0372. The van der Waals surface area contributed by atoms with E-state index >= 15 is 0 Å². The molecule has 0 spiro atoms. The van der Waals surface area contributed by atoms with Crippen LogP contribution in [0.3, 0.4) is 0 Å². The normalized spacial score (nSPS) is 10.5. The summed E-state index contributed by atoms with van der Waals surface area (Å²) in [6.07, 6.45) is 0. The fourth-order valence-electron chi connectivity index (χ4n) is 3.29. The molecule has 2 aromatic rings. The molecule has 0 unspecified atom stereocenters. The number of carbonyl (C=O) groups is 2. The molecule has 0 heterocycles. The number of ketones is 1. The molecular weight excluding hydrogens is 312 g/mol. The van der Waals surface area contributed by atoms with Gasteiger partial charge >= 0.3 is 0 Å². The highest BCUT2D eigenvalue weighted by molar-refractivity contribution is 5.99. The Bertz CT molecular complexity index is 823. The molecule has 4 nitrogen and oxygen atoms in total. The molecule has 4 heteroatoms. The lowest BCUT2D eigenvalue weighted by atomic mass is 9.91. The van der Waals surface area contributed by atoms with E-state index in [0.29, 0.717) is 12.1 Å². The molecule has 0 aromatic heterocycles. The zero-order valence-corrected chi connectivity index (χ0v) is 15.9. The van der Waals surface area contributed by atoms with Crippen LogP contribution >= 0.6 is 0 Å². The molecule has 0 aliphatic heterocycles. The second kappa shape index (κ2) is 7.51. The third-order valence-electron chi connectivity index (χ3n) is 4.50. The van der Waals surface area contributed by atoms with Gasteiger partial charge in [-0.05, 0) is 62.1 Å². The van der Waals surface area contributed by atoms with Crippen LogP contribution in [0.25, 0.3) is 0 Å². The summed E-state index contributed by atoms with van der Waals surface area (Å²) in [6.45, 7) is 8.18. The van der Waals surface area contributed by atoms with Crippen molar-refractivity contribution in [3.05, 3.63) is 63.7 Å². The van der Waals surface area contributed by atoms with Crippen LogP contribution in [0.4, 0.5) is 5.69 Å². The van der Waals surface area contributed by atoms with Crippen LogP contribution in [0.15, 0.2) is 30.3 Å². The molecule has 0 atom stereocenters. The highest BCUT2D eigenvalue weighted by Crippen LogP contribution is 2.25. The molecule has 0 fully saturated rings. The summed E-state index contributed by atoms with van der Waals surface area (Å²) in [6, 6.07) is 9.54. The van der Waals surface area contributed by atoms with Crippen molar-refractivity contribution in [2.45, 2.75) is 34.2 Å². The van der Waals surface area contributed by atoms with E-state index in [9.17, 15) is 9.59 Å². The van der Waals surface area contributed by atoms with Crippen LogP contribution in [-0.4, -0.2) is 30.7 Å². The van der Waals surface area contributed by atoms with Crippen molar-refractivity contribution in [1.29, 1.82) is 0 Å². The zero-order valence-electron chi connectivity index (χ0n) is 15.9. The third kappa shape index (κ3) is 3.90. The lowest BCUT2D eigenvalue weighted by Crippen LogP contribution is -2.23. The predicted octanol–water partition coefficient (Wildman–Crippen LogP) is 4.13. The van der Waals surface area contributed by atoms with Crippen molar-refractivity contribution < 1.29 is 9.59 Å². The molecule has 2 rings (SSSR count). The van der Waals surface area contributed by atoms with Gasteiger partial charge in [0.15, 0.2) is 5.78 Å². The van der Waals surface area contributed by atoms with E-state index in [1.54, 1.807) is 25.9 Å². The maximum Gasteiger partial charge on any atom is 0.255 e. The van der Waals surface area contributed by atoms with Gasteiger partial charge in [0.2, 0.25) is 0 Å². The summed E-state index contributed by atoms with van der Waals surface area (Å²) < 4.78 is 0. The summed E-state index contributed by atoms with van der Waals surface area (Å²) in [5.74, 6) is 0.0457. The number of nitrogens with zero attached hydrogens (tertiary/aromatic N) is 1. The van der Waals surface area contributed by atoms with Crippen molar-refractivity contribution in [1.82, 2.24) is 4.90 Å². The van der Waals surface area contributed by atoms with Gasteiger partial charge in [0.25, 0.3) is 5.91 Å². The Kier molecular flexibility index (Phi) is 5.62. The fraction of sp³-hybridized carbons (Fsp3) is 0.333. The molecule has 132 valence electrons. The van der Waals surface area contributed by atoms with Crippen molar-refractivity contribution >= 4 is 17.4 Å². The molecule has 0 radical (unpaired) electrons. The Morgan fingerprint density at radius 3 is 2.28 bits per heavy atom. The molecule has 0 aliphatic rings. The van der Waals surface area contributed by atoms with Gasteiger partial charge in [-0.3, -0.25) is 9.59 Å². The van der Waals surface area contributed by atoms with Crippen LogP contribution in [0.2, 0.25) is 0 Å². The Labute approximate surface area is 149 Å². The lowest BCUT2D eigenvalue weighted by Gasteiger charge is -2.19. The zero-order chi connectivity index (χ0) is 18.7. The number of hydrogen-bond acceptors (Lipinski definition) is 3. The number of aryl methyl sites for hydroxylation is 2. The van der Waals surface area contributed by atoms with Crippen LogP contribution in [-0.2, 0) is 6.54 Å². The second-order valence-electron chi connectivity index (χ2n) is 6.64. The van der Waals surface area contributed by atoms with Gasteiger partial charge in [0.05, 0.1) is 5.56 Å². The average molecular weight is 338 g/mol. The molecule has 0 bridgehead atoms. The minimum absolute atomic E-state index is 0.0372. The van der Waals surface area contributed by atoms with Gasteiger partial charge in [-0.1, -0.05) is 18.2 Å². The van der Waals surface area contributed by atoms with Gasteiger partial charge in [0, 0.05) is 31.9 Å². The topological polar surface area (TPSA) is 49.4 Å². The van der Waals surface area contributed by atoms with E-state index < -0.39 is 0 Å². The number of nitrogens with one attached hydrogen (secondary N) is 1. The fourth-order valence-corrected chi connectivity index (χ4v) is 3.29. The van der Waals surface area contributed by atoms with Crippen LogP contribution < -0.4 is 5.32 Å². The maximum absolute atomic E-state index is 12.3. The number of Topliss-reactive ketones (excluding diaryl/α,β-unsaturated/α-hetero) is 1.